The molecule has 2 heterocycles. The van der Waals surface area contributed by atoms with Crippen molar-refractivity contribution >= 4 is 5.69 Å². The molecule has 3 rings (SSSR count). The van der Waals surface area contributed by atoms with Gasteiger partial charge >= 0.3 is 0 Å². The van der Waals surface area contributed by atoms with Crippen molar-refractivity contribution in [2.24, 2.45) is 0 Å². The minimum atomic E-state index is 0.124. The van der Waals surface area contributed by atoms with Crippen molar-refractivity contribution in [3.63, 3.8) is 0 Å². The first-order valence-corrected chi connectivity index (χ1v) is 6.97. The molecular formula is C17H18N2O2. The lowest BCUT2D eigenvalue weighted by atomic mass is 10.1. The Hall–Kier alpha value is -2.49. The Kier molecular flexibility index (Phi) is 3.52. The molecule has 1 aromatic carbocycles. The Labute approximate surface area is 123 Å². The highest BCUT2D eigenvalue weighted by Crippen LogP contribution is 2.24. The van der Waals surface area contributed by atoms with Crippen LogP contribution in [0.1, 0.15) is 30.4 Å². The van der Waals surface area contributed by atoms with Gasteiger partial charge in [0.15, 0.2) is 5.89 Å². The second-order valence-electron chi connectivity index (χ2n) is 5.14. The summed E-state index contributed by atoms with van der Waals surface area (Å²) < 4.78 is 10.9. The molecule has 0 bridgehead atoms. The summed E-state index contributed by atoms with van der Waals surface area (Å²) >= 11 is 0. The van der Waals surface area contributed by atoms with E-state index in [-0.39, 0.29) is 6.04 Å². The number of hydrogen-bond acceptors (Lipinski definition) is 4. The van der Waals surface area contributed by atoms with E-state index in [1.54, 1.807) is 6.26 Å². The van der Waals surface area contributed by atoms with E-state index in [0.29, 0.717) is 5.89 Å². The quantitative estimate of drug-likeness (QED) is 0.752. The third kappa shape index (κ3) is 2.99. The van der Waals surface area contributed by atoms with Crippen LogP contribution in [0.2, 0.25) is 0 Å². The molecule has 0 aliphatic heterocycles. The van der Waals surface area contributed by atoms with Crippen LogP contribution in [-0.2, 0) is 0 Å². The summed E-state index contributed by atoms with van der Waals surface area (Å²) in [5.41, 5.74) is 2.94. The monoisotopic (exact) mass is 282 g/mol. The minimum absolute atomic E-state index is 0.124. The highest BCUT2D eigenvalue weighted by molar-refractivity contribution is 5.62. The zero-order valence-electron chi connectivity index (χ0n) is 12.4. The van der Waals surface area contributed by atoms with Gasteiger partial charge in [-0.3, -0.25) is 0 Å². The maximum Gasteiger partial charge on any atom is 0.191 e. The van der Waals surface area contributed by atoms with Crippen LogP contribution in [0.5, 0.6) is 0 Å². The van der Waals surface area contributed by atoms with Crippen LogP contribution >= 0.6 is 0 Å². The van der Waals surface area contributed by atoms with Gasteiger partial charge in [0.25, 0.3) is 0 Å². The van der Waals surface area contributed by atoms with E-state index in [2.05, 4.69) is 17.2 Å². The fourth-order valence-electron chi connectivity index (χ4n) is 2.24. The summed E-state index contributed by atoms with van der Waals surface area (Å²) in [7, 11) is 0. The van der Waals surface area contributed by atoms with Crippen molar-refractivity contribution in [3.05, 3.63) is 60.1 Å². The van der Waals surface area contributed by atoms with Gasteiger partial charge in [-0.15, -0.1) is 0 Å². The molecule has 0 saturated carbocycles. The molecule has 1 unspecified atom stereocenters. The topological polar surface area (TPSA) is 51.2 Å². The summed E-state index contributed by atoms with van der Waals surface area (Å²) in [6.07, 6.45) is 1.67. The van der Waals surface area contributed by atoms with Crippen LogP contribution in [0.15, 0.2) is 51.5 Å². The number of aromatic nitrogens is 1. The van der Waals surface area contributed by atoms with Crippen molar-refractivity contribution in [1.29, 1.82) is 0 Å². The van der Waals surface area contributed by atoms with Crippen LogP contribution in [0, 0.1) is 13.8 Å². The average molecular weight is 282 g/mol. The van der Waals surface area contributed by atoms with E-state index in [1.165, 1.54) is 0 Å². The lowest BCUT2D eigenvalue weighted by Gasteiger charge is -2.13. The number of oxazole rings is 1. The predicted molar refractivity (Wildman–Crippen MR) is 82.2 cm³/mol. The summed E-state index contributed by atoms with van der Waals surface area (Å²) in [4.78, 5) is 4.32. The maximum atomic E-state index is 5.63. The summed E-state index contributed by atoms with van der Waals surface area (Å²) in [5, 5.41) is 3.42. The molecule has 4 heteroatoms. The van der Waals surface area contributed by atoms with Crippen molar-refractivity contribution in [3.8, 4) is 11.3 Å². The molecule has 0 fully saturated rings. The largest absolute Gasteiger partial charge is 0.464 e. The lowest BCUT2D eigenvalue weighted by Crippen LogP contribution is -2.05. The third-order valence-electron chi connectivity index (χ3n) is 3.37. The minimum Gasteiger partial charge on any atom is -0.464 e. The standard InChI is InChI=1S/C17H18N2O2/c1-11-4-9-17(21-11)12(2)18-15-7-5-14(6-8-15)16-10-20-13(3)19-16/h4-10,12,18H,1-3H3. The fraction of sp³-hybridized carbons (Fsp3) is 0.235. The summed E-state index contributed by atoms with van der Waals surface area (Å²) in [5.74, 6) is 2.54. The van der Waals surface area contributed by atoms with Crippen LogP contribution in [0.3, 0.4) is 0 Å². The van der Waals surface area contributed by atoms with E-state index in [1.807, 2.05) is 50.2 Å². The van der Waals surface area contributed by atoms with E-state index < -0.39 is 0 Å². The highest BCUT2D eigenvalue weighted by Gasteiger charge is 2.09. The third-order valence-corrected chi connectivity index (χ3v) is 3.37. The Morgan fingerprint density at radius 1 is 1.05 bits per heavy atom. The molecule has 4 nitrogen and oxygen atoms in total. The van der Waals surface area contributed by atoms with Crippen molar-refractivity contribution in [1.82, 2.24) is 4.98 Å². The van der Waals surface area contributed by atoms with Gasteiger partial charge in [0.2, 0.25) is 0 Å². The second kappa shape index (κ2) is 5.48. The molecule has 3 aromatic rings. The number of furan rings is 1. The number of nitrogens with zero attached hydrogens (tertiary/aromatic N) is 1. The predicted octanol–water partition coefficient (Wildman–Crippen LogP) is 4.72. The Morgan fingerprint density at radius 2 is 1.81 bits per heavy atom. The zero-order valence-corrected chi connectivity index (χ0v) is 12.4. The van der Waals surface area contributed by atoms with Gasteiger partial charge in [0, 0.05) is 18.2 Å². The lowest BCUT2D eigenvalue weighted by molar-refractivity contribution is 0.467. The van der Waals surface area contributed by atoms with Crippen LogP contribution in [0.4, 0.5) is 5.69 Å². The zero-order chi connectivity index (χ0) is 14.8. The fourth-order valence-corrected chi connectivity index (χ4v) is 2.24. The summed E-state index contributed by atoms with van der Waals surface area (Å²) in [6, 6.07) is 12.2. The van der Waals surface area contributed by atoms with Gasteiger partial charge in [-0.05, 0) is 38.1 Å². The molecule has 21 heavy (non-hydrogen) atoms. The molecule has 0 aliphatic carbocycles. The highest BCUT2D eigenvalue weighted by atomic mass is 16.3. The molecule has 0 radical (unpaired) electrons. The summed E-state index contributed by atoms with van der Waals surface area (Å²) in [6.45, 7) is 5.87. The maximum absolute atomic E-state index is 5.63. The van der Waals surface area contributed by atoms with E-state index in [0.717, 1.165) is 28.5 Å². The number of rotatable bonds is 4. The van der Waals surface area contributed by atoms with Crippen LogP contribution < -0.4 is 5.32 Å². The van der Waals surface area contributed by atoms with Crippen molar-refractivity contribution in [2.45, 2.75) is 26.8 Å². The molecule has 1 atom stereocenters. The van der Waals surface area contributed by atoms with Crippen molar-refractivity contribution in [2.75, 3.05) is 5.32 Å². The number of benzene rings is 1. The van der Waals surface area contributed by atoms with Gasteiger partial charge in [-0.25, -0.2) is 4.98 Å². The Morgan fingerprint density at radius 3 is 2.38 bits per heavy atom. The number of hydrogen-bond donors (Lipinski definition) is 1. The Balaban J connectivity index is 1.72. The van der Waals surface area contributed by atoms with Gasteiger partial charge in [0.05, 0.1) is 6.04 Å². The van der Waals surface area contributed by atoms with Gasteiger partial charge in [-0.1, -0.05) is 12.1 Å². The number of anilines is 1. The molecule has 0 aliphatic rings. The molecule has 0 spiro atoms. The first-order chi connectivity index (χ1) is 10.1. The SMILES string of the molecule is Cc1ccc(C(C)Nc2ccc(-c3coc(C)n3)cc2)o1. The van der Waals surface area contributed by atoms with E-state index in [9.17, 15) is 0 Å². The molecule has 2 aromatic heterocycles. The average Bonchev–Trinajstić information content (AvgIpc) is 3.08. The number of aryl methyl sites for hydroxylation is 2. The molecule has 0 saturated heterocycles. The van der Waals surface area contributed by atoms with Crippen LogP contribution in [-0.4, -0.2) is 4.98 Å². The normalized spacial score (nSPS) is 12.3. The second-order valence-corrected chi connectivity index (χ2v) is 5.14. The van der Waals surface area contributed by atoms with Gasteiger partial charge in [-0.2, -0.15) is 0 Å². The smallest absolute Gasteiger partial charge is 0.191 e. The number of nitrogens with one attached hydrogen (secondary N) is 1. The molecular weight excluding hydrogens is 264 g/mol. The van der Waals surface area contributed by atoms with Crippen LogP contribution in [0.25, 0.3) is 11.3 Å². The molecule has 0 amide bonds. The first-order valence-electron chi connectivity index (χ1n) is 6.97. The van der Waals surface area contributed by atoms with Gasteiger partial charge < -0.3 is 14.2 Å². The van der Waals surface area contributed by atoms with E-state index >= 15 is 0 Å². The van der Waals surface area contributed by atoms with Crippen molar-refractivity contribution < 1.29 is 8.83 Å². The first kappa shape index (κ1) is 13.5. The van der Waals surface area contributed by atoms with Gasteiger partial charge in [0.1, 0.15) is 23.5 Å². The Bertz CT molecular complexity index is 725. The molecule has 1 N–H and O–H groups in total. The molecule has 108 valence electrons. The van der Waals surface area contributed by atoms with E-state index in [4.69, 9.17) is 8.83 Å².